The van der Waals surface area contributed by atoms with Crippen LogP contribution >= 0.6 is 11.8 Å². The highest BCUT2D eigenvalue weighted by Gasteiger charge is 2.05. The number of rotatable bonds is 8. The maximum Gasteiger partial charge on any atom is 0.333 e. The van der Waals surface area contributed by atoms with E-state index in [0.29, 0.717) is 0 Å². The van der Waals surface area contributed by atoms with Crippen LogP contribution in [0.25, 0.3) is 0 Å². The summed E-state index contributed by atoms with van der Waals surface area (Å²) in [7, 11) is 3.12. The monoisotopic (exact) mass is 232 g/mol. The van der Waals surface area contributed by atoms with Crippen molar-refractivity contribution in [1.82, 2.24) is 0 Å². The van der Waals surface area contributed by atoms with E-state index in [2.05, 4.69) is 4.74 Å². The van der Waals surface area contributed by atoms with Gasteiger partial charge in [-0.25, -0.2) is 4.79 Å². The molecule has 3 nitrogen and oxygen atoms in total. The van der Waals surface area contributed by atoms with E-state index in [1.54, 1.807) is 18.9 Å². The summed E-state index contributed by atoms with van der Waals surface area (Å²) >= 11 is 1.80. The molecular weight excluding hydrogens is 212 g/mol. The van der Waals surface area contributed by atoms with Crippen molar-refractivity contribution in [2.45, 2.75) is 19.8 Å². The quantitative estimate of drug-likeness (QED) is 0.365. The zero-order chi connectivity index (χ0) is 11.5. The number of esters is 1. The number of carbonyl (C=O) groups is 1. The Balaban J connectivity index is 3.67. The molecule has 0 heterocycles. The van der Waals surface area contributed by atoms with E-state index < -0.39 is 0 Å². The lowest BCUT2D eigenvalue weighted by molar-refractivity contribution is -0.136. The SMILES string of the molecule is CCC(=CCSCCCOC)C(=O)OC. The summed E-state index contributed by atoms with van der Waals surface area (Å²) < 4.78 is 9.61. The first-order chi connectivity index (χ1) is 7.26. The molecule has 0 aromatic heterocycles. The standard InChI is InChI=1S/C11H20O3S/c1-4-10(11(12)14-3)6-9-15-8-5-7-13-2/h6H,4-5,7-9H2,1-3H3. The Labute approximate surface area is 96.2 Å². The predicted octanol–water partition coefficient (Wildman–Crippen LogP) is 2.27. The van der Waals surface area contributed by atoms with Gasteiger partial charge >= 0.3 is 5.97 Å². The van der Waals surface area contributed by atoms with Crippen LogP contribution in [0.4, 0.5) is 0 Å². The van der Waals surface area contributed by atoms with Gasteiger partial charge in [0.25, 0.3) is 0 Å². The van der Waals surface area contributed by atoms with E-state index in [0.717, 1.165) is 36.5 Å². The van der Waals surface area contributed by atoms with Gasteiger partial charge in [-0.1, -0.05) is 13.0 Å². The van der Waals surface area contributed by atoms with Gasteiger partial charge in [-0.2, -0.15) is 11.8 Å². The Morgan fingerprint density at radius 1 is 1.40 bits per heavy atom. The van der Waals surface area contributed by atoms with Crippen LogP contribution in [0.2, 0.25) is 0 Å². The van der Waals surface area contributed by atoms with E-state index in [9.17, 15) is 4.79 Å². The van der Waals surface area contributed by atoms with Gasteiger partial charge in [0, 0.05) is 25.0 Å². The first kappa shape index (κ1) is 14.5. The summed E-state index contributed by atoms with van der Waals surface area (Å²) in [6, 6.07) is 0. The average molecular weight is 232 g/mol. The van der Waals surface area contributed by atoms with Crippen molar-refractivity contribution in [2.24, 2.45) is 0 Å². The van der Waals surface area contributed by atoms with Crippen molar-refractivity contribution < 1.29 is 14.3 Å². The molecule has 0 saturated heterocycles. The molecule has 0 radical (unpaired) electrons. The summed E-state index contributed by atoms with van der Waals surface area (Å²) in [5.74, 6) is 1.71. The second-order valence-corrected chi connectivity index (χ2v) is 4.15. The molecule has 0 atom stereocenters. The third-order valence-electron chi connectivity index (χ3n) is 1.91. The topological polar surface area (TPSA) is 35.5 Å². The highest BCUT2D eigenvalue weighted by Crippen LogP contribution is 2.08. The molecule has 4 heteroatoms. The molecule has 0 N–H and O–H groups in total. The minimum absolute atomic E-state index is 0.213. The molecule has 0 aliphatic heterocycles. The molecule has 0 bridgehead atoms. The van der Waals surface area contributed by atoms with Gasteiger partial charge in [-0.3, -0.25) is 0 Å². The zero-order valence-electron chi connectivity index (χ0n) is 9.75. The lowest BCUT2D eigenvalue weighted by Gasteiger charge is -2.02. The fourth-order valence-corrected chi connectivity index (χ4v) is 1.86. The summed E-state index contributed by atoms with van der Waals surface area (Å²) in [6.45, 7) is 2.76. The van der Waals surface area contributed by atoms with Crippen molar-refractivity contribution in [3.05, 3.63) is 11.6 Å². The Hall–Kier alpha value is -0.480. The van der Waals surface area contributed by atoms with Crippen molar-refractivity contribution in [2.75, 3.05) is 32.3 Å². The molecule has 0 aliphatic carbocycles. The second-order valence-electron chi connectivity index (χ2n) is 3.00. The minimum atomic E-state index is -0.213. The van der Waals surface area contributed by atoms with Gasteiger partial charge in [-0.05, 0) is 18.6 Å². The van der Waals surface area contributed by atoms with Crippen LogP contribution in [0.15, 0.2) is 11.6 Å². The first-order valence-electron chi connectivity index (χ1n) is 5.10. The van der Waals surface area contributed by atoms with E-state index in [1.165, 1.54) is 7.11 Å². The predicted molar refractivity (Wildman–Crippen MR) is 64.2 cm³/mol. The van der Waals surface area contributed by atoms with Gasteiger partial charge in [0.15, 0.2) is 0 Å². The van der Waals surface area contributed by atoms with Crippen molar-refractivity contribution in [3.8, 4) is 0 Å². The Morgan fingerprint density at radius 2 is 2.13 bits per heavy atom. The van der Waals surface area contributed by atoms with Crippen molar-refractivity contribution >= 4 is 17.7 Å². The highest BCUT2D eigenvalue weighted by molar-refractivity contribution is 7.99. The maximum absolute atomic E-state index is 11.2. The second kappa shape index (κ2) is 10.1. The van der Waals surface area contributed by atoms with E-state index in [1.807, 2.05) is 13.0 Å². The van der Waals surface area contributed by atoms with Crippen LogP contribution in [0, 0.1) is 0 Å². The summed E-state index contributed by atoms with van der Waals surface area (Å²) in [5.41, 5.74) is 0.761. The molecule has 0 aromatic rings. The van der Waals surface area contributed by atoms with Gasteiger partial charge in [-0.15, -0.1) is 0 Å². The molecule has 0 rings (SSSR count). The molecular formula is C11H20O3S. The van der Waals surface area contributed by atoms with Gasteiger partial charge in [0.2, 0.25) is 0 Å². The molecule has 0 aliphatic rings. The third-order valence-corrected chi connectivity index (χ3v) is 2.89. The largest absolute Gasteiger partial charge is 0.466 e. The van der Waals surface area contributed by atoms with Crippen LogP contribution in [0.1, 0.15) is 19.8 Å². The molecule has 0 amide bonds. The maximum atomic E-state index is 11.2. The molecule has 0 fully saturated rings. The third kappa shape index (κ3) is 7.45. The fraction of sp³-hybridized carbons (Fsp3) is 0.727. The van der Waals surface area contributed by atoms with Crippen LogP contribution < -0.4 is 0 Å². The van der Waals surface area contributed by atoms with Crippen molar-refractivity contribution in [1.29, 1.82) is 0 Å². The fourth-order valence-electron chi connectivity index (χ4n) is 1.05. The molecule has 88 valence electrons. The van der Waals surface area contributed by atoms with Crippen LogP contribution in [-0.2, 0) is 14.3 Å². The lowest BCUT2D eigenvalue weighted by Crippen LogP contribution is -2.04. The lowest BCUT2D eigenvalue weighted by atomic mass is 10.2. The first-order valence-corrected chi connectivity index (χ1v) is 6.25. The average Bonchev–Trinajstić information content (AvgIpc) is 2.27. The number of carbonyl (C=O) groups excluding carboxylic acids is 1. The number of methoxy groups -OCH3 is 2. The highest BCUT2D eigenvalue weighted by atomic mass is 32.2. The summed E-state index contributed by atoms with van der Waals surface area (Å²) in [5, 5.41) is 0. The summed E-state index contributed by atoms with van der Waals surface area (Å²) in [4.78, 5) is 11.2. The molecule has 0 spiro atoms. The normalized spacial score (nSPS) is 11.5. The number of hydrogen-bond donors (Lipinski definition) is 0. The Kier molecular flexibility index (Phi) is 9.73. The molecule has 0 saturated carbocycles. The smallest absolute Gasteiger partial charge is 0.333 e. The minimum Gasteiger partial charge on any atom is -0.466 e. The number of ether oxygens (including phenoxy) is 2. The van der Waals surface area contributed by atoms with E-state index in [4.69, 9.17) is 4.74 Å². The van der Waals surface area contributed by atoms with Gasteiger partial charge in [0.05, 0.1) is 7.11 Å². The molecule has 0 aromatic carbocycles. The van der Waals surface area contributed by atoms with E-state index >= 15 is 0 Å². The van der Waals surface area contributed by atoms with Gasteiger partial charge in [0.1, 0.15) is 0 Å². The van der Waals surface area contributed by atoms with Crippen molar-refractivity contribution in [3.63, 3.8) is 0 Å². The van der Waals surface area contributed by atoms with E-state index in [-0.39, 0.29) is 5.97 Å². The molecule has 0 unspecified atom stereocenters. The number of hydrogen-bond acceptors (Lipinski definition) is 4. The van der Waals surface area contributed by atoms with Crippen LogP contribution in [0.5, 0.6) is 0 Å². The van der Waals surface area contributed by atoms with Crippen LogP contribution in [-0.4, -0.2) is 38.3 Å². The summed E-state index contributed by atoms with van der Waals surface area (Å²) in [6.07, 6.45) is 3.73. The molecule has 15 heavy (non-hydrogen) atoms. The zero-order valence-corrected chi connectivity index (χ0v) is 10.6. The van der Waals surface area contributed by atoms with Gasteiger partial charge < -0.3 is 9.47 Å². The number of thioether (sulfide) groups is 1. The Bertz CT molecular complexity index is 202. The van der Waals surface area contributed by atoms with Crippen LogP contribution in [0.3, 0.4) is 0 Å². The Morgan fingerprint density at radius 3 is 2.67 bits per heavy atom.